The van der Waals surface area contributed by atoms with Crippen LogP contribution in [0.5, 0.6) is 0 Å². The molecule has 0 saturated carbocycles. The Morgan fingerprint density at radius 3 is 2.37 bits per heavy atom. The number of allylic oxidation sites excluding steroid dienone is 3. The van der Waals surface area contributed by atoms with Gasteiger partial charge in [-0.2, -0.15) is 13.2 Å². The fraction of sp³-hybridized carbons (Fsp3) is 0.455. The number of benzene rings is 1. The van der Waals surface area contributed by atoms with Crippen molar-refractivity contribution in [3.05, 3.63) is 69.2 Å². The fourth-order valence-corrected chi connectivity index (χ4v) is 3.26. The fourth-order valence-electron chi connectivity index (χ4n) is 3.26. The summed E-state index contributed by atoms with van der Waals surface area (Å²) in [5.74, 6) is -3.18. The molecule has 1 aromatic carbocycles. The van der Waals surface area contributed by atoms with Gasteiger partial charge in [0, 0.05) is 11.4 Å². The highest BCUT2D eigenvalue weighted by Crippen LogP contribution is 2.44. The van der Waals surface area contributed by atoms with Crippen LogP contribution in [-0.2, 0) is 15.7 Å². The van der Waals surface area contributed by atoms with Crippen LogP contribution in [0.25, 0.3) is 4.85 Å². The third-order valence-electron chi connectivity index (χ3n) is 4.78. The van der Waals surface area contributed by atoms with Crippen molar-refractivity contribution in [2.24, 2.45) is 5.41 Å². The van der Waals surface area contributed by atoms with Gasteiger partial charge in [-0.25, -0.2) is 14.0 Å². The average molecular weight is 424 g/mol. The first-order valence-electron chi connectivity index (χ1n) is 9.36. The van der Waals surface area contributed by atoms with Crippen LogP contribution in [0.4, 0.5) is 17.6 Å². The molecule has 0 bridgehead atoms. The molecule has 0 aromatic heterocycles. The summed E-state index contributed by atoms with van der Waals surface area (Å²) in [6, 6.07) is 2.25. The van der Waals surface area contributed by atoms with E-state index in [-0.39, 0.29) is 28.9 Å². The minimum Gasteiger partial charge on any atom is -0.462 e. The zero-order chi connectivity index (χ0) is 22.9. The van der Waals surface area contributed by atoms with E-state index in [2.05, 4.69) is 10.2 Å². The minimum absolute atomic E-state index is 0.0690. The van der Waals surface area contributed by atoms with E-state index in [1.54, 1.807) is 6.92 Å². The number of nitrogens with one attached hydrogen (secondary N) is 1. The van der Waals surface area contributed by atoms with Gasteiger partial charge in [0.2, 0.25) is 0 Å². The van der Waals surface area contributed by atoms with Gasteiger partial charge in [0.15, 0.2) is 5.70 Å². The van der Waals surface area contributed by atoms with E-state index < -0.39 is 29.4 Å². The van der Waals surface area contributed by atoms with Gasteiger partial charge in [-0.15, -0.1) is 0 Å². The largest absolute Gasteiger partial charge is 0.462 e. The molecular weight excluding hydrogens is 400 g/mol. The number of rotatable bonds is 4. The van der Waals surface area contributed by atoms with Gasteiger partial charge < -0.3 is 10.1 Å². The number of hydrogen-bond acceptors (Lipinski definition) is 3. The van der Waals surface area contributed by atoms with Crippen LogP contribution < -0.4 is 5.32 Å². The number of esters is 1. The molecule has 0 amide bonds. The number of nitrogens with zero attached hydrogens (tertiary/aromatic N) is 1. The van der Waals surface area contributed by atoms with Crippen LogP contribution in [0, 0.1) is 17.8 Å². The summed E-state index contributed by atoms with van der Waals surface area (Å²) >= 11 is 0. The Morgan fingerprint density at radius 1 is 1.20 bits per heavy atom. The van der Waals surface area contributed by atoms with Crippen LogP contribution in [0.15, 0.2) is 40.9 Å². The summed E-state index contributed by atoms with van der Waals surface area (Å²) in [4.78, 5) is 16.3. The number of carbonyl (C=O) groups is 1. The number of dihydropyridines is 1. The average Bonchev–Trinajstić information content (AvgIpc) is 2.59. The maximum atomic E-state index is 13.7. The van der Waals surface area contributed by atoms with Gasteiger partial charge in [-0.1, -0.05) is 26.8 Å². The molecule has 1 aromatic rings. The molecule has 2 rings (SSSR count). The molecule has 1 unspecified atom stereocenters. The summed E-state index contributed by atoms with van der Waals surface area (Å²) in [6.45, 7) is 16.5. The summed E-state index contributed by atoms with van der Waals surface area (Å²) in [5, 5.41) is 2.88. The molecule has 30 heavy (non-hydrogen) atoms. The Balaban J connectivity index is 2.59. The lowest BCUT2D eigenvalue weighted by Gasteiger charge is -2.30. The second-order valence-electron chi connectivity index (χ2n) is 8.39. The summed E-state index contributed by atoms with van der Waals surface area (Å²) < 4.78 is 59.9. The second-order valence-corrected chi connectivity index (χ2v) is 8.39. The summed E-state index contributed by atoms with van der Waals surface area (Å²) in [5.41, 5.74) is -1.22. The smallest absolute Gasteiger partial charge is 0.416 e. The summed E-state index contributed by atoms with van der Waals surface area (Å²) in [6.07, 6.45) is -4.31. The van der Waals surface area contributed by atoms with Crippen molar-refractivity contribution in [3.63, 3.8) is 0 Å². The molecule has 0 fully saturated rings. The third kappa shape index (κ3) is 5.21. The van der Waals surface area contributed by atoms with E-state index in [0.717, 1.165) is 12.1 Å². The lowest BCUT2D eigenvalue weighted by Crippen LogP contribution is -2.30. The standard InChI is InChI=1S/C22H24F4N2O2/c1-12-17(20(29)30-10-9-21(3,4)5)18(19(27-6)13(2)28-12)15-8-7-14(23)11-16(15)22(24,25)26/h7-8,11,18,28H,9-10H2,1-5H3. The normalized spacial score (nSPS) is 17.5. The van der Waals surface area contributed by atoms with Crippen LogP contribution >= 0.6 is 0 Å². The van der Waals surface area contributed by atoms with E-state index in [1.165, 1.54) is 6.92 Å². The molecule has 4 nitrogen and oxygen atoms in total. The quantitative estimate of drug-likeness (QED) is 0.370. The van der Waals surface area contributed by atoms with Crippen molar-refractivity contribution in [1.29, 1.82) is 0 Å². The molecule has 0 radical (unpaired) electrons. The predicted molar refractivity (Wildman–Crippen MR) is 104 cm³/mol. The minimum atomic E-state index is -4.86. The van der Waals surface area contributed by atoms with Gasteiger partial charge in [-0.3, -0.25) is 0 Å². The van der Waals surface area contributed by atoms with Gasteiger partial charge >= 0.3 is 12.1 Å². The monoisotopic (exact) mass is 424 g/mol. The maximum absolute atomic E-state index is 13.7. The van der Waals surface area contributed by atoms with Crippen LogP contribution in [0.3, 0.4) is 0 Å². The molecule has 1 aliphatic rings. The van der Waals surface area contributed by atoms with Crippen LogP contribution in [0.2, 0.25) is 0 Å². The van der Waals surface area contributed by atoms with Gasteiger partial charge in [0.1, 0.15) is 5.82 Å². The first-order valence-corrected chi connectivity index (χ1v) is 9.36. The maximum Gasteiger partial charge on any atom is 0.416 e. The number of alkyl halides is 3. The molecule has 1 N–H and O–H groups in total. The Morgan fingerprint density at radius 2 is 1.83 bits per heavy atom. The highest BCUT2D eigenvalue weighted by atomic mass is 19.4. The number of carbonyl (C=O) groups excluding carboxylic acids is 1. The van der Waals surface area contributed by atoms with Crippen molar-refractivity contribution in [3.8, 4) is 0 Å². The molecule has 0 spiro atoms. The Hall–Kier alpha value is -2.82. The van der Waals surface area contributed by atoms with Crippen molar-refractivity contribution in [2.45, 2.75) is 53.1 Å². The Labute approximate surface area is 173 Å². The molecule has 0 aliphatic carbocycles. The van der Waals surface area contributed by atoms with E-state index >= 15 is 0 Å². The zero-order valence-corrected chi connectivity index (χ0v) is 17.5. The van der Waals surface area contributed by atoms with E-state index in [0.29, 0.717) is 23.9 Å². The van der Waals surface area contributed by atoms with E-state index in [1.807, 2.05) is 20.8 Å². The van der Waals surface area contributed by atoms with Crippen molar-refractivity contribution in [1.82, 2.24) is 5.32 Å². The zero-order valence-electron chi connectivity index (χ0n) is 17.5. The lowest BCUT2D eigenvalue weighted by atomic mass is 9.81. The molecule has 1 heterocycles. The highest BCUT2D eigenvalue weighted by Gasteiger charge is 2.41. The van der Waals surface area contributed by atoms with E-state index in [9.17, 15) is 22.4 Å². The SMILES string of the molecule is [C-]#[N+]C1=C(C)NC(C)=C(C(=O)OCCC(C)(C)C)C1c1ccc(F)cc1C(F)(F)F. The van der Waals surface area contributed by atoms with Gasteiger partial charge in [-0.05, 0) is 43.4 Å². The second kappa shape index (κ2) is 8.50. The number of ether oxygens (including phenoxy) is 1. The molecule has 0 saturated heterocycles. The van der Waals surface area contributed by atoms with Crippen molar-refractivity contribution >= 4 is 5.97 Å². The summed E-state index contributed by atoms with van der Waals surface area (Å²) in [7, 11) is 0. The van der Waals surface area contributed by atoms with Crippen molar-refractivity contribution < 1.29 is 27.1 Å². The Kier molecular flexibility index (Phi) is 6.65. The number of halogens is 4. The molecule has 1 atom stereocenters. The first-order chi connectivity index (χ1) is 13.8. The topological polar surface area (TPSA) is 42.7 Å². The van der Waals surface area contributed by atoms with Crippen LogP contribution in [-0.4, -0.2) is 12.6 Å². The van der Waals surface area contributed by atoms with E-state index in [4.69, 9.17) is 11.3 Å². The molecule has 8 heteroatoms. The molecule has 1 aliphatic heterocycles. The number of hydrogen-bond donors (Lipinski definition) is 1. The van der Waals surface area contributed by atoms with Gasteiger partial charge in [0.25, 0.3) is 0 Å². The van der Waals surface area contributed by atoms with Crippen LogP contribution in [0.1, 0.15) is 58.1 Å². The molecular formula is C22H24F4N2O2. The third-order valence-corrected chi connectivity index (χ3v) is 4.78. The predicted octanol–water partition coefficient (Wildman–Crippen LogP) is 5.94. The lowest BCUT2D eigenvalue weighted by molar-refractivity contribution is -0.141. The van der Waals surface area contributed by atoms with Gasteiger partial charge in [0.05, 0.1) is 30.2 Å². The Bertz CT molecular complexity index is 947. The highest BCUT2D eigenvalue weighted by molar-refractivity contribution is 5.93. The van der Waals surface area contributed by atoms with Crippen molar-refractivity contribution in [2.75, 3.05) is 6.61 Å². The first kappa shape index (κ1) is 23.5. The molecule has 162 valence electrons.